The zero-order chi connectivity index (χ0) is 12.5. The highest BCUT2D eigenvalue weighted by molar-refractivity contribution is 9.10. The second kappa shape index (κ2) is 4.74. The van der Waals surface area contributed by atoms with Crippen molar-refractivity contribution in [2.45, 2.75) is 12.4 Å². The van der Waals surface area contributed by atoms with Crippen LogP contribution in [0.4, 0.5) is 0 Å². The lowest BCUT2D eigenvalue weighted by Crippen LogP contribution is -2.02. The Kier molecular flexibility index (Phi) is 3.09. The van der Waals surface area contributed by atoms with Crippen LogP contribution in [-0.4, -0.2) is 14.7 Å². The first-order valence-corrected chi connectivity index (χ1v) is 6.71. The molecule has 0 atom stereocenters. The van der Waals surface area contributed by atoms with Crippen LogP contribution in [0.1, 0.15) is 11.6 Å². The normalized spacial score (nSPS) is 11.2. The number of aromatic nitrogens is 3. The Balaban J connectivity index is 2.13. The van der Waals surface area contributed by atoms with E-state index < -0.39 is 0 Å². The number of benzene rings is 1. The molecule has 0 aliphatic rings. The van der Waals surface area contributed by atoms with E-state index in [2.05, 4.69) is 26.1 Å². The third-order valence-electron chi connectivity index (χ3n) is 2.71. The average Bonchev–Trinajstić information content (AvgIpc) is 2.97. The van der Waals surface area contributed by atoms with Gasteiger partial charge >= 0.3 is 0 Å². The van der Waals surface area contributed by atoms with Gasteiger partial charge in [0, 0.05) is 10.5 Å². The van der Waals surface area contributed by atoms with Crippen LogP contribution in [0.15, 0.2) is 39.5 Å². The number of halogens is 2. The number of hydrogen-bond donors (Lipinski definition) is 0. The van der Waals surface area contributed by atoms with Crippen LogP contribution < -0.4 is 0 Å². The highest BCUT2D eigenvalue weighted by Gasteiger charge is 2.11. The second-order valence-corrected chi connectivity index (χ2v) is 5.04. The van der Waals surface area contributed by atoms with Crippen LogP contribution >= 0.6 is 27.5 Å². The summed E-state index contributed by atoms with van der Waals surface area (Å²) < 4.78 is 8.17. The zero-order valence-electron chi connectivity index (χ0n) is 9.31. The molecule has 18 heavy (non-hydrogen) atoms. The van der Waals surface area contributed by atoms with Crippen molar-refractivity contribution in [2.75, 3.05) is 0 Å². The molecule has 4 nitrogen and oxygen atoms in total. The summed E-state index contributed by atoms with van der Waals surface area (Å²) in [6, 6.07) is 7.81. The van der Waals surface area contributed by atoms with Crippen LogP contribution in [0.3, 0.4) is 0 Å². The molecule has 0 radical (unpaired) electrons. The van der Waals surface area contributed by atoms with Crippen molar-refractivity contribution in [1.82, 2.24) is 14.7 Å². The molecule has 0 fully saturated rings. The Labute approximate surface area is 117 Å². The van der Waals surface area contributed by atoms with Crippen LogP contribution in [0.2, 0.25) is 0 Å². The second-order valence-electron chi connectivity index (χ2n) is 3.86. The van der Waals surface area contributed by atoms with Gasteiger partial charge in [0.05, 0.1) is 29.7 Å². The van der Waals surface area contributed by atoms with E-state index in [1.807, 2.05) is 28.8 Å². The maximum Gasteiger partial charge on any atom is 0.156 e. The monoisotopic (exact) mass is 325 g/mol. The van der Waals surface area contributed by atoms with Crippen molar-refractivity contribution >= 4 is 38.6 Å². The smallest absolute Gasteiger partial charge is 0.156 e. The Hall–Kier alpha value is -1.33. The number of imidazole rings is 1. The highest BCUT2D eigenvalue weighted by Crippen LogP contribution is 2.22. The summed E-state index contributed by atoms with van der Waals surface area (Å²) >= 11 is 9.38. The summed E-state index contributed by atoms with van der Waals surface area (Å²) in [5, 5.41) is 3.70. The van der Waals surface area contributed by atoms with Gasteiger partial charge in [-0.2, -0.15) is 0 Å². The molecule has 3 rings (SSSR count). The van der Waals surface area contributed by atoms with E-state index in [1.165, 1.54) is 0 Å². The number of hydrogen-bond acceptors (Lipinski definition) is 3. The van der Waals surface area contributed by atoms with Crippen LogP contribution in [0, 0.1) is 0 Å². The number of rotatable bonds is 3. The molecule has 0 unspecified atom stereocenters. The van der Waals surface area contributed by atoms with E-state index in [0.717, 1.165) is 27.1 Å². The molecule has 0 saturated heterocycles. The van der Waals surface area contributed by atoms with Gasteiger partial charge in [0.1, 0.15) is 5.82 Å². The summed E-state index contributed by atoms with van der Waals surface area (Å²) in [7, 11) is 0. The lowest BCUT2D eigenvalue weighted by Gasteiger charge is -2.04. The van der Waals surface area contributed by atoms with Crippen LogP contribution in [-0.2, 0) is 12.4 Å². The van der Waals surface area contributed by atoms with E-state index in [9.17, 15) is 0 Å². The molecule has 2 heterocycles. The molecule has 0 amide bonds. The molecule has 0 spiro atoms. The molecule has 0 aliphatic heterocycles. The molecule has 3 aromatic rings. The summed E-state index contributed by atoms with van der Waals surface area (Å²) in [6.45, 7) is 0.584. The Morgan fingerprint density at radius 2 is 2.22 bits per heavy atom. The van der Waals surface area contributed by atoms with Gasteiger partial charge in [0.25, 0.3) is 0 Å². The van der Waals surface area contributed by atoms with Crippen molar-refractivity contribution in [3.05, 3.63) is 46.5 Å². The van der Waals surface area contributed by atoms with E-state index in [1.54, 1.807) is 6.20 Å². The minimum atomic E-state index is 0.362. The van der Waals surface area contributed by atoms with E-state index in [-0.39, 0.29) is 0 Å². The third kappa shape index (κ3) is 2.04. The molecule has 0 N–H and O–H groups in total. The van der Waals surface area contributed by atoms with Crippen molar-refractivity contribution in [1.29, 1.82) is 0 Å². The molecular formula is C12H9BrClN3O. The lowest BCUT2D eigenvalue weighted by molar-refractivity contribution is 0.376. The fraction of sp³-hybridized carbons (Fsp3) is 0.167. The fourth-order valence-electron chi connectivity index (χ4n) is 1.91. The van der Waals surface area contributed by atoms with Crippen molar-refractivity contribution in [3.8, 4) is 0 Å². The maximum atomic E-state index is 5.94. The largest absolute Gasteiger partial charge is 0.359 e. The van der Waals surface area contributed by atoms with Gasteiger partial charge in [0.2, 0.25) is 0 Å². The summed E-state index contributed by atoms with van der Waals surface area (Å²) in [4.78, 5) is 4.51. The predicted octanol–water partition coefficient (Wildman–Crippen LogP) is 3.57. The van der Waals surface area contributed by atoms with Gasteiger partial charge in [-0.3, -0.25) is 0 Å². The summed E-state index contributed by atoms with van der Waals surface area (Å²) in [6.07, 6.45) is 1.63. The zero-order valence-corrected chi connectivity index (χ0v) is 11.6. The quantitative estimate of drug-likeness (QED) is 0.691. The maximum absolute atomic E-state index is 5.94. The molecule has 2 aromatic heterocycles. The highest BCUT2D eigenvalue weighted by atomic mass is 79.9. The minimum absolute atomic E-state index is 0.362. The SMILES string of the molecule is ClCc1nc2cc(Br)ccc2n1Cc1ccno1. The number of nitrogens with zero attached hydrogens (tertiary/aromatic N) is 3. The molecule has 92 valence electrons. The van der Waals surface area contributed by atoms with Crippen molar-refractivity contribution < 1.29 is 4.52 Å². The Morgan fingerprint density at radius 1 is 1.33 bits per heavy atom. The number of fused-ring (bicyclic) bond motifs is 1. The van der Waals surface area contributed by atoms with Gasteiger partial charge < -0.3 is 9.09 Å². The van der Waals surface area contributed by atoms with Crippen LogP contribution in [0.25, 0.3) is 11.0 Å². The minimum Gasteiger partial charge on any atom is -0.359 e. The van der Waals surface area contributed by atoms with Gasteiger partial charge in [-0.25, -0.2) is 4.98 Å². The first-order chi connectivity index (χ1) is 8.78. The Morgan fingerprint density at radius 3 is 2.94 bits per heavy atom. The van der Waals surface area contributed by atoms with Crippen molar-refractivity contribution in [3.63, 3.8) is 0 Å². The fourth-order valence-corrected chi connectivity index (χ4v) is 2.46. The Bertz CT molecular complexity index is 678. The van der Waals surface area contributed by atoms with Gasteiger partial charge in [-0.05, 0) is 18.2 Å². The molecular weight excluding hydrogens is 318 g/mol. The summed E-state index contributed by atoms with van der Waals surface area (Å²) in [5.41, 5.74) is 1.95. The molecule has 6 heteroatoms. The topological polar surface area (TPSA) is 43.9 Å². The first kappa shape index (κ1) is 11.7. The summed E-state index contributed by atoms with van der Waals surface area (Å²) in [5.74, 6) is 1.96. The molecule has 0 saturated carbocycles. The lowest BCUT2D eigenvalue weighted by atomic mass is 10.3. The third-order valence-corrected chi connectivity index (χ3v) is 3.45. The molecule has 0 bridgehead atoms. The predicted molar refractivity (Wildman–Crippen MR) is 72.6 cm³/mol. The standard InChI is InChI=1S/C12H9BrClN3O/c13-8-1-2-11-10(5-8)16-12(6-14)17(11)7-9-3-4-15-18-9/h1-5H,6-7H2. The van der Waals surface area contributed by atoms with Crippen molar-refractivity contribution in [2.24, 2.45) is 0 Å². The van der Waals surface area contributed by atoms with Gasteiger partial charge in [0.15, 0.2) is 5.76 Å². The van der Waals surface area contributed by atoms with Gasteiger partial charge in [-0.15, -0.1) is 11.6 Å². The van der Waals surface area contributed by atoms with E-state index in [0.29, 0.717) is 12.4 Å². The van der Waals surface area contributed by atoms with E-state index >= 15 is 0 Å². The molecule has 1 aromatic carbocycles. The van der Waals surface area contributed by atoms with Gasteiger partial charge in [-0.1, -0.05) is 21.1 Å². The average molecular weight is 327 g/mol. The van der Waals surface area contributed by atoms with Crippen LogP contribution in [0.5, 0.6) is 0 Å². The number of alkyl halides is 1. The first-order valence-electron chi connectivity index (χ1n) is 5.38. The molecule has 0 aliphatic carbocycles. The van der Waals surface area contributed by atoms with E-state index in [4.69, 9.17) is 16.1 Å².